The Bertz CT molecular complexity index is 866. The second-order valence-electron chi connectivity index (χ2n) is 6.38. The van der Waals surface area contributed by atoms with Crippen molar-refractivity contribution in [2.45, 2.75) is 25.6 Å². The summed E-state index contributed by atoms with van der Waals surface area (Å²) in [5.74, 6) is -0.122. The fourth-order valence-corrected chi connectivity index (χ4v) is 3.05. The average molecular weight is 392 g/mol. The molecule has 1 fully saturated rings. The van der Waals surface area contributed by atoms with Gasteiger partial charge in [-0.05, 0) is 49.4 Å². The number of ether oxygens (including phenoxy) is 1. The SMILES string of the molecule is CCOc1ccc(N2C[C@H](NC(=O)c3cccc(C(F)(F)F)c3)CC2=O)cc1. The van der Waals surface area contributed by atoms with E-state index in [4.69, 9.17) is 4.74 Å². The molecular weight excluding hydrogens is 373 g/mol. The van der Waals surface area contributed by atoms with Crippen LogP contribution in [-0.4, -0.2) is 31.0 Å². The Morgan fingerprint density at radius 1 is 1.21 bits per heavy atom. The number of amides is 2. The molecule has 8 heteroatoms. The van der Waals surface area contributed by atoms with Gasteiger partial charge in [0.1, 0.15) is 5.75 Å². The minimum atomic E-state index is -4.52. The number of anilines is 1. The molecule has 3 rings (SSSR count). The molecule has 0 saturated carbocycles. The Balaban J connectivity index is 1.66. The number of nitrogens with one attached hydrogen (secondary N) is 1. The van der Waals surface area contributed by atoms with E-state index in [0.29, 0.717) is 18.0 Å². The number of hydrogen-bond donors (Lipinski definition) is 1. The highest BCUT2D eigenvalue weighted by molar-refractivity contribution is 5.99. The number of carbonyl (C=O) groups is 2. The lowest BCUT2D eigenvalue weighted by atomic mass is 10.1. The maximum absolute atomic E-state index is 12.8. The van der Waals surface area contributed by atoms with E-state index in [2.05, 4.69) is 5.32 Å². The van der Waals surface area contributed by atoms with Crippen molar-refractivity contribution in [3.05, 3.63) is 59.7 Å². The second kappa shape index (κ2) is 7.92. The minimum absolute atomic E-state index is 0.0813. The maximum Gasteiger partial charge on any atom is 0.416 e. The number of halogens is 3. The van der Waals surface area contributed by atoms with E-state index in [9.17, 15) is 22.8 Å². The molecule has 2 aromatic rings. The van der Waals surface area contributed by atoms with Crippen molar-refractivity contribution in [2.24, 2.45) is 0 Å². The first-order chi connectivity index (χ1) is 13.3. The van der Waals surface area contributed by atoms with Gasteiger partial charge in [-0.15, -0.1) is 0 Å². The van der Waals surface area contributed by atoms with E-state index in [1.165, 1.54) is 17.0 Å². The highest BCUT2D eigenvalue weighted by atomic mass is 19.4. The number of hydrogen-bond acceptors (Lipinski definition) is 3. The predicted octanol–water partition coefficient (Wildman–Crippen LogP) is 3.64. The molecule has 0 spiro atoms. The van der Waals surface area contributed by atoms with Crippen LogP contribution in [0.2, 0.25) is 0 Å². The van der Waals surface area contributed by atoms with Crippen molar-refractivity contribution in [1.82, 2.24) is 5.32 Å². The first-order valence-electron chi connectivity index (χ1n) is 8.79. The molecule has 1 atom stereocenters. The Hall–Kier alpha value is -3.03. The summed E-state index contributed by atoms with van der Waals surface area (Å²) >= 11 is 0. The van der Waals surface area contributed by atoms with Gasteiger partial charge < -0.3 is 15.0 Å². The highest BCUT2D eigenvalue weighted by Crippen LogP contribution is 2.30. The van der Waals surface area contributed by atoms with E-state index in [0.717, 1.165) is 12.1 Å². The zero-order chi connectivity index (χ0) is 20.3. The minimum Gasteiger partial charge on any atom is -0.494 e. The number of alkyl halides is 3. The fraction of sp³-hybridized carbons (Fsp3) is 0.300. The van der Waals surface area contributed by atoms with E-state index in [-0.39, 0.29) is 24.4 Å². The molecule has 28 heavy (non-hydrogen) atoms. The van der Waals surface area contributed by atoms with Gasteiger partial charge in [0.05, 0.1) is 18.2 Å². The van der Waals surface area contributed by atoms with Crippen molar-refractivity contribution in [1.29, 1.82) is 0 Å². The van der Waals surface area contributed by atoms with Crippen molar-refractivity contribution in [3.63, 3.8) is 0 Å². The molecule has 0 radical (unpaired) electrons. The number of benzene rings is 2. The molecule has 1 saturated heterocycles. The summed E-state index contributed by atoms with van der Waals surface area (Å²) < 4.78 is 43.8. The Morgan fingerprint density at radius 2 is 1.93 bits per heavy atom. The lowest BCUT2D eigenvalue weighted by Gasteiger charge is -2.18. The van der Waals surface area contributed by atoms with Crippen LogP contribution in [0.4, 0.5) is 18.9 Å². The third kappa shape index (κ3) is 4.44. The smallest absolute Gasteiger partial charge is 0.416 e. The quantitative estimate of drug-likeness (QED) is 0.845. The van der Waals surface area contributed by atoms with E-state index in [1.54, 1.807) is 24.3 Å². The van der Waals surface area contributed by atoms with Crippen molar-refractivity contribution in [3.8, 4) is 5.75 Å². The summed E-state index contributed by atoms with van der Waals surface area (Å²) in [4.78, 5) is 26.1. The van der Waals surface area contributed by atoms with Gasteiger partial charge in [-0.1, -0.05) is 6.07 Å². The van der Waals surface area contributed by atoms with Crippen molar-refractivity contribution >= 4 is 17.5 Å². The van der Waals surface area contributed by atoms with Gasteiger partial charge in [0.25, 0.3) is 5.91 Å². The molecule has 1 aliphatic heterocycles. The summed E-state index contributed by atoms with van der Waals surface area (Å²) in [6.45, 7) is 2.65. The van der Waals surface area contributed by atoms with Gasteiger partial charge in [0, 0.05) is 24.2 Å². The third-order valence-electron chi connectivity index (χ3n) is 4.37. The van der Waals surface area contributed by atoms with Crippen LogP contribution in [0.15, 0.2) is 48.5 Å². The van der Waals surface area contributed by atoms with Gasteiger partial charge in [-0.3, -0.25) is 9.59 Å². The average Bonchev–Trinajstić information content (AvgIpc) is 3.02. The topological polar surface area (TPSA) is 58.6 Å². The fourth-order valence-electron chi connectivity index (χ4n) is 3.05. The molecule has 1 N–H and O–H groups in total. The van der Waals surface area contributed by atoms with E-state index >= 15 is 0 Å². The molecule has 2 amide bonds. The highest BCUT2D eigenvalue weighted by Gasteiger charge is 2.33. The molecular formula is C20H19F3N2O3. The molecule has 1 aliphatic rings. The largest absolute Gasteiger partial charge is 0.494 e. The van der Waals surface area contributed by atoms with Crippen LogP contribution in [0.5, 0.6) is 5.75 Å². The normalized spacial score (nSPS) is 16.9. The Kier molecular flexibility index (Phi) is 5.58. The molecule has 148 valence electrons. The Labute approximate surface area is 160 Å². The molecule has 1 heterocycles. The van der Waals surface area contributed by atoms with E-state index < -0.39 is 23.7 Å². The first kappa shape index (κ1) is 19.7. The Morgan fingerprint density at radius 3 is 2.57 bits per heavy atom. The monoisotopic (exact) mass is 392 g/mol. The van der Waals surface area contributed by atoms with Crippen LogP contribution in [0.1, 0.15) is 29.3 Å². The van der Waals surface area contributed by atoms with Crippen LogP contribution >= 0.6 is 0 Å². The maximum atomic E-state index is 12.8. The molecule has 0 aliphatic carbocycles. The molecule has 0 bridgehead atoms. The summed E-state index contributed by atoms with van der Waals surface area (Å²) in [7, 11) is 0. The number of rotatable bonds is 5. The molecule has 5 nitrogen and oxygen atoms in total. The number of carbonyl (C=O) groups excluding carboxylic acids is 2. The van der Waals surface area contributed by atoms with E-state index in [1.807, 2.05) is 6.92 Å². The van der Waals surface area contributed by atoms with Crippen LogP contribution in [0.25, 0.3) is 0 Å². The standard InChI is InChI=1S/C20H19F3N2O3/c1-2-28-17-8-6-16(7-9-17)25-12-15(11-18(25)26)24-19(27)13-4-3-5-14(10-13)20(21,22)23/h3-10,15H,2,11-12H2,1H3,(H,24,27)/t15-/m1/s1. The third-order valence-corrected chi connectivity index (χ3v) is 4.37. The van der Waals surface area contributed by atoms with Crippen molar-refractivity contribution < 1.29 is 27.5 Å². The van der Waals surface area contributed by atoms with Crippen LogP contribution < -0.4 is 15.0 Å². The predicted molar refractivity (Wildman–Crippen MR) is 97.3 cm³/mol. The van der Waals surface area contributed by atoms with Crippen molar-refractivity contribution in [2.75, 3.05) is 18.1 Å². The summed E-state index contributed by atoms with van der Waals surface area (Å²) in [5.41, 5.74) is -0.315. The zero-order valence-electron chi connectivity index (χ0n) is 15.1. The van der Waals surface area contributed by atoms with Crippen LogP contribution in [-0.2, 0) is 11.0 Å². The zero-order valence-corrected chi connectivity index (χ0v) is 15.1. The van der Waals surface area contributed by atoms with Gasteiger partial charge >= 0.3 is 6.18 Å². The van der Waals surface area contributed by atoms with Gasteiger partial charge in [-0.25, -0.2) is 0 Å². The van der Waals surface area contributed by atoms with Gasteiger partial charge in [0.2, 0.25) is 5.91 Å². The second-order valence-corrected chi connectivity index (χ2v) is 6.38. The van der Waals surface area contributed by atoms with Crippen LogP contribution in [0, 0.1) is 0 Å². The van der Waals surface area contributed by atoms with Gasteiger partial charge in [0.15, 0.2) is 0 Å². The molecule has 0 unspecified atom stereocenters. The lowest BCUT2D eigenvalue weighted by molar-refractivity contribution is -0.137. The summed E-state index contributed by atoms with van der Waals surface area (Å²) in [6.07, 6.45) is -4.44. The summed E-state index contributed by atoms with van der Waals surface area (Å²) in [6, 6.07) is 10.7. The molecule has 2 aromatic carbocycles. The van der Waals surface area contributed by atoms with Crippen LogP contribution in [0.3, 0.4) is 0 Å². The first-order valence-corrected chi connectivity index (χ1v) is 8.79. The lowest BCUT2D eigenvalue weighted by Crippen LogP contribution is -2.37. The summed E-state index contributed by atoms with van der Waals surface area (Å²) in [5, 5.41) is 2.64. The van der Waals surface area contributed by atoms with Gasteiger partial charge in [-0.2, -0.15) is 13.2 Å². The molecule has 0 aromatic heterocycles. The number of nitrogens with zero attached hydrogens (tertiary/aromatic N) is 1.